The molecule has 178 valence electrons. The van der Waals surface area contributed by atoms with Crippen molar-refractivity contribution in [2.75, 3.05) is 14.2 Å². The second-order valence-corrected chi connectivity index (χ2v) is 8.76. The molecule has 0 radical (unpaired) electrons. The molecule has 1 heterocycles. The molecule has 35 heavy (non-hydrogen) atoms. The Morgan fingerprint density at radius 2 is 1.49 bits per heavy atom. The summed E-state index contributed by atoms with van der Waals surface area (Å²) in [4.78, 5) is 24.8. The van der Waals surface area contributed by atoms with E-state index in [4.69, 9.17) is 14.2 Å². The van der Waals surface area contributed by atoms with Gasteiger partial charge in [-0.15, -0.1) is 0 Å². The molecule has 1 aliphatic heterocycles. The van der Waals surface area contributed by atoms with Gasteiger partial charge in [0.1, 0.15) is 29.6 Å². The van der Waals surface area contributed by atoms with Gasteiger partial charge in [0.05, 0.1) is 26.1 Å². The van der Waals surface area contributed by atoms with Crippen LogP contribution in [0.15, 0.2) is 84.4 Å². The molecule has 0 saturated heterocycles. The molecule has 0 amide bonds. The highest BCUT2D eigenvalue weighted by atomic mass is 16.6. The molecule has 0 unspecified atom stereocenters. The second kappa shape index (κ2) is 9.25. The molecule has 0 aromatic heterocycles. The molecule has 0 fully saturated rings. The lowest BCUT2D eigenvalue weighted by molar-refractivity contribution is -0.532. The monoisotopic (exact) mass is 471 g/mol. The van der Waals surface area contributed by atoms with E-state index < -0.39 is 29.9 Å². The Labute approximate surface area is 203 Å². The zero-order valence-corrected chi connectivity index (χ0v) is 19.4. The van der Waals surface area contributed by atoms with Crippen LogP contribution in [0.1, 0.15) is 34.6 Å². The molecule has 3 aromatic carbocycles. The first kappa shape index (κ1) is 22.7. The molecule has 7 nitrogen and oxygen atoms in total. The standard InChI is InChI=1S/C28H25NO6/c1-33-20-11-7-17(8-12-20)25-19(16-30)15-23-26(27(25)29(31)32)22-5-3-4-6-24(22)35-28(23)18-9-13-21(34-2)14-10-18/h3-16,23,25-28H,1-2H3/t23-,25+,26+,27-,28+/m0/s1. The van der Waals surface area contributed by atoms with Crippen molar-refractivity contribution < 1.29 is 23.9 Å². The number of nitro groups is 1. The molecule has 3 aromatic rings. The third-order valence-corrected chi connectivity index (χ3v) is 7.05. The number of para-hydroxylation sites is 1. The summed E-state index contributed by atoms with van der Waals surface area (Å²) in [5.74, 6) is 0.390. The highest BCUT2D eigenvalue weighted by Crippen LogP contribution is 2.55. The topological polar surface area (TPSA) is 87.9 Å². The molecule has 0 saturated carbocycles. The largest absolute Gasteiger partial charge is 0.497 e. The number of carbonyl (C=O) groups excluding carboxylic acids is 1. The lowest BCUT2D eigenvalue weighted by Crippen LogP contribution is -2.45. The van der Waals surface area contributed by atoms with Crippen LogP contribution in [-0.4, -0.2) is 31.5 Å². The smallest absolute Gasteiger partial charge is 0.231 e. The SMILES string of the molecule is COc1ccc([C@H]2Oc3ccccc3[C@@H]3[C@@H]2C=C(C=O)[C@@H](c2ccc(OC)cc2)[C@@H]3[N+](=O)[O-])cc1. The van der Waals surface area contributed by atoms with Crippen LogP contribution in [-0.2, 0) is 4.79 Å². The number of fused-ring (bicyclic) bond motifs is 3. The fourth-order valence-corrected chi connectivity index (χ4v) is 5.46. The lowest BCUT2D eigenvalue weighted by Gasteiger charge is -2.44. The second-order valence-electron chi connectivity index (χ2n) is 8.76. The van der Waals surface area contributed by atoms with Crippen molar-refractivity contribution in [3.8, 4) is 17.2 Å². The van der Waals surface area contributed by atoms with E-state index in [1.807, 2.05) is 54.6 Å². The zero-order valence-electron chi connectivity index (χ0n) is 19.4. The van der Waals surface area contributed by atoms with Crippen LogP contribution in [0.4, 0.5) is 0 Å². The average Bonchev–Trinajstić information content (AvgIpc) is 2.91. The molecule has 5 atom stereocenters. The first-order valence-corrected chi connectivity index (χ1v) is 11.4. The number of aldehydes is 1. The van der Waals surface area contributed by atoms with Crippen molar-refractivity contribution in [1.29, 1.82) is 0 Å². The van der Waals surface area contributed by atoms with Crippen molar-refractivity contribution in [2.45, 2.75) is 24.0 Å². The van der Waals surface area contributed by atoms with Crippen LogP contribution in [0.25, 0.3) is 0 Å². The summed E-state index contributed by atoms with van der Waals surface area (Å²) in [6.07, 6.45) is 2.12. The van der Waals surface area contributed by atoms with Crippen LogP contribution in [0, 0.1) is 16.0 Å². The van der Waals surface area contributed by atoms with Gasteiger partial charge in [-0.05, 0) is 41.5 Å². The molecule has 5 rings (SSSR count). The maximum absolute atomic E-state index is 12.7. The molecule has 0 spiro atoms. The van der Waals surface area contributed by atoms with E-state index in [0.717, 1.165) is 17.4 Å². The fraction of sp³-hybridized carbons (Fsp3) is 0.250. The molecule has 1 aliphatic carbocycles. The minimum Gasteiger partial charge on any atom is -0.497 e. The van der Waals surface area contributed by atoms with E-state index in [1.54, 1.807) is 38.5 Å². The summed E-state index contributed by atoms with van der Waals surface area (Å²) >= 11 is 0. The summed E-state index contributed by atoms with van der Waals surface area (Å²) in [6.45, 7) is 0. The molecular weight excluding hydrogens is 446 g/mol. The van der Waals surface area contributed by atoms with Crippen molar-refractivity contribution in [2.24, 2.45) is 5.92 Å². The highest BCUT2D eigenvalue weighted by Gasteiger charge is 2.54. The van der Waals surface area contributed by atoms with Crippen molar-refractivity contribution in [3.63, 3.8) is 0 Å². The Morgan fingerprint density at radius 3 is 2.06 bits per heavy atom. The Morgan fingerprint density at radius 1 is 0.886 bits per heavy atom. The minimum atomic E-state index is -1.05. The Bertz CT molecular complexity index is 1270. The summed E-state index contributed by atoms with van der Waals surface area (Å²) < 4.78 is 16.9. The number of carbonyl (C=O) groups is 1. The van der Waals surface area contributed by atoms with Crippen molar-refractivity contribution in [1.82, 2.24) is 0 Å². The Kier molecular flexibility index (Phi) is 5.99. The van der Waals surface area contributed by atoms with Gasteiger partial charge in [0.2, 0.25) is 6.04 Å². The number of benzene rings is 3. The van der Waals surface area contributed by atoms with Gasteiger partial charge in [-0.2, -0.15) is 0 Å². The average molecular weight is 472 g/mol. The van der Waals surface area contributed by atoms with Crippen molar-refractivity contribution >= 4 is 6.29 Å². The zero-order chi connectivity index (χ0) is 24.5. The number of rotatable bonds is 6. The minimum absolute atomic E-state index is 0.240. The summed E-state index contributed by atoms with van der Waals surface area (Å²) in [6, 6.07) is 21.0. The third kappa shape index (κ3) is 3.93. The lowest BCUT2D eigenvalue weighted by atomic mass is 9.63. The van der Waals surface area contributed by atoms with E-state index in [0.29, 0.717) is 28.4 Å². The summed E-state index contributed by atoms with van der Waals surface area (Å²) in [7, 11) is 3.16. The summed E-state index contributed by atoms with van der Waals surface area (Å²) in [5, 5.41) is 12.7. The molecule has 7 heteroatoms. The predicted octanol–water partition coefficient (Wildman–Crippen LogP) is 5.11. The normalized spacial score (nSPS) is 24.7. The molecular formula is C28H25NO6. The van der Waals surface area contributed by atoms with Gasteiger partial charge >= 0.3 is 0 Å². The van der Waals surface area contributed by atoms with Gasteiger partial charge in [-0.3, -0.25) is 14.9 Å². The number of nitrogens with zero attached hydrogens (tertiary/aromatic N) is 1. The number of methoxy groups -OCH3 is 2. The maximum atomic E-state index is 12.7. The Balaban J connectivity index is 1.69. The number of hydrogen-bond acceptors (Lipinski definition) is 6. The number of ether oxygens (including phenoxy) is 3. The van der Waals surface area contributed by atoms with E-state index in [2.05, 4.69) is 0 Å². The fourth-order valence-electron chi connectivity index (χ4n) is 5.46. The highest BCUT2D eigenvalue weighted by molar-refractivity contribution is 5.77. The van der Waals surface area contributed by atoms with Gasteiger partial charge in [0.15, 0.2) is 0 Å². The van der Waals surface area contributed by atoms with E-state index >= 15 is 0 Å². The van der Waals surface area contributed by atoms with E-state index in [-0.39, 0.29) is 4.92 Å². The number of hydrogen-bond donors (Lipinski definition) is 0. The van der Waals surface area contributed by atoms with Gasteiger partial charge in [-0.1, -0.05) is 48.5 Å². The maximum Gasteiger partial charge on any atom is 0.231 e. The van der Waals surface area contributed by atoms with Crippen LogP contribution in [0.2, 0.25) is 0 Å². The molecule has 2 aliphatic rings. The van der Waals surface area contributed by atoms with Crippen LogP contribution < -0.4 is 14.2 Å². The first-order chi connectivity index (χ1) is 17.0. The van der Waals surface area contributed by atoms with E-state index in [9.17, 15) is 14.9 Å². The van der Waals surface area contributed by atoms with Gasteiger partial charge in [-0.25, -0.2) is 0 Å². The van der Waals surface area contributed by atoms with Crippen molar-refractivity contribution in [3.05, 3.63) is 111 Å². The van der Waals surface area contributed by atoms with Gasteiger partial charge in [0.25, 0.3) is 0 Å². The first-order valence-electron chi connectivity index (χ1n) is 11.4. The van der Waals surface area contributed by atoms with Crippen LogP contribution in [0.5, 0.6) is 17.2 Å². The summed E-state index contributed by atoms with van der Waals surface area (Å²) in [5.41, 5.74) is 2.74. The quantitative estimate of drug-likeness (QED) is 0.282. The molecule has 0 N–H and O–H groups in total. The Hall–Kier alpha value is -4.13. The van der Waals surface area contributed by atoms with Gasteiger partial charge in [0, 0.05) is 22.0 Å². The van der Waals surface area contributed by atoms with Crippen LogP contribution >= 0.6 is 0 Å². The molecule has 0 bridgehead atoms. The van der Waals surface area contributed by atoms with Gasteiger partial charge < -0.3 is 14.2 Å². The van der Waals surface area contributed by atoms with Crippen LogP contribution in [0.3, 0.4) is 0 Å². The predicted molar refractivity (Wildman–Crippen MR) is 130 cm³/mol. The van der Waals surface area contributed by atoms with E-state index in [1.165, 1.54) is 0 Å². The third-order valence-electron chi connectivity index (χ3n) is 7.05.